The van der Waals surface area contributed by atoms with Crippen molar-refractivity contribution in [3.05, 3.63) is 48.5 Å². The van der Waals surface area contributed by atoms with Crippen molar-refractivity contribution in [1.82, 2.24) is 14.9 Å². The Kier molecular flexibility index (Phi) is 5.44. The quantitative estimate of drug-likeness (QED) is 0.738. The third-order valence-corrected chi connectivity index (χ3v) is 2.86. The van der Waals surface area contributed by atoms with Crippen LogP contribution in [0.1, 0.15) is 12.6 Å². The number of aromatic nitrogens is 2. The molecule has 0 spiro atoms. The van der Waals surface area contributed by atoms with Crippen LogP contribution in [0.3, 0.4) is 0 Å². The van der Waals surface area contributed by atoms with Crippen LogP contribution in [-0.2, 0) is 13.0 Å². The fraction of sp³-hybridized carbons (Fsp3) is 0.400. The van der Waals surface area contributed by atoms with E-state index in [0.29, 0.717) is 6.61 Å². The Balaban J connectivity index is 1.71. The second-order valence-corrected chi connectivity index (χ2v) is 4.37. The van der Waals surface area contributed by atoms with Crippen LogP contribution in [0.25, 0.3) is 0 Å². The van der Waals surface area contributed by atoms with E-state index in [2.05, 4.69) is 28.0 Å². The Morgan fingerprint density at radius 1 is 1.26 bits per heavy atom. The summed E-state index contributed by atoms with van der Waals surface area (Å²) in [6.07, 6.45) is 4.93. The molecule has 0 saturated heterocycles. The highest BCUT2D eigenvalue weighted by Crippen LogP contribution is 2.08. The minimum atomic E-state index is 0.660. The van der Waals surface area contributed by atoms with E-state index in [9.17, 15) is 0 Å². The first kappa shape index (κ1) is 13.6. The van der Waals surface area contributed by atoms with Gasteiger partial charge >= 0.3 is 0 Å². The van der Waals surface area contributed by atoms with Crippen LogP contribution in [0, 0.1) is 0 Å². The summed E-state index contributed by atoms with van der Waals surface area (Å²) in [7, 11) is 0. The van der Waals surface area contributed by atoms with Gasteiger partial charge in [-0.3, -0.25) is 0 Å². The number of ether oxygens (including phenoxy) is 1. The van der Waals surface area contributed by atoms with Crippen LogP contribution in [0.4, 0.5) is 0 Å². The SMILES string of the molecule is CCNCCc1cn(CCOc2ccccc2)cn1. The summed E-state index contributed by atoms with van der Waals surface area (Å²) in [4.78, 5) is 4.38. The van der Waals surface area contributed by atoms with E-state index in [1.807, 2.05) is 36.7 Å². The largest absolute Gasteiger partial charge is 0.492 e. The van der Waals surface area contributed by atoms with Gasteiger partial charge in [-0.15, -0.1) is 0 Å². The normalized spacial score (nSPS) is 10.6. The van der Waals surface area contributed by atoms with Crippen molar-refractivity contribution >= 4 is 0 Å². The van der Waals surface area contributed by atoms with Gasteiger partial charge in [0.05, 0.1) is 18.6 Å². The van der Waals surface area contributed by atoms with Crippen molar-refractivity contribution in [3.8, 4) is 5.75 Å². The van der Waals surface area contributed by atoms with E-state index < -0.39 is 0 Å². The zero-order valence-electron chi connectivity index (χ0n) is 11.4. The van der Waals surface area contributed by atoms with Gasteiger partial charge in [0, 0.05) is 19.2 Å². The Hall–Kier alpha value is -1.81. The number of hydrogen-bond donors (Lipinski definition) is 1. The maximum Gasteiger partial charge on any atom is 0.119 e. The molecule has 2 rings (SSSR count). The molecule has 102 valence electrons. The topological polar surface area (TPSA) is 39.1 Å². The van der Waals surface area contributed by atoms with Gasteiger partial charge in [0.15, 0.2) is 0 Å². The molecule has 19 heavy (non-hydrogen) atoms. The monoisotopic (exact) mass is 259 g/mol. The summed E-state index contributed by atoms with van der Waals surface area (Å²) in [6.45, 7) is 5.58. The molecule has 0 aliphatic carbocycles. The van der Waals surface area contributed by atoms with Crippen molar-refractivity contribution in [3.63, 3.8) is 0 Å². The fourth-order valence-electron chi connectivity index (χ4n) is 1.84. The highest BCUT2D eigenvalue weighted by molar-refractivity contribution is 5.20. The van der Waals surface area contributed by atoms with Crippen LogP contribution in [0.5, 0.6) is 5.75 Å². The van der Waals surface area contributed by atoms with E-state index in [-0.39, 0.29) is 0 Å². The number of benzene rings is 1. The molecule has 0 atom stereocenters. The number of nitrogens with zero attached hydrogens (tertiary/aromatic N) is 2. The molecule has 1 N–H and O–H groups in total. The van der Waals surface area contributed by atoms with Crippen molar-refractivity contribution in [2.45, 2.75) is 19.9 Å². The molecule has 4 nitrogen and oxygen atoms in total. The third kappa shape index (κ3) is 4.75. The molecule has 0 aliphatic heterocycles. The first-order valence-corrected chi connectivity index (χ1v) is 6.77. The maximum atomic E-state index is 5.66. The standard InChI is InChI=1S/C15H21N3O/c1-2-16-9-8-14-12-18(13-17-14)10-11-19-15-6-4-3-5-7-15/h3-7,12-13,16H,2,8-11H2,1H3. The molecule has 0 fully saturated rings. The molecule has 2 aromatic rings. The second-order valence-electron chi connectivity index (χ2n) is 4.37. The summed E-state index contributed by atoms with van der Waals surface area (Å²) in [5, 5.41) is 3.30. The third-order valence-electron chi connectivity index (χ3n) is 2.86. The molecule has 0 aliphatic rings. The minimum Gasteiger partial charge on any atom is -0.492 e. The van der Waals surface area contributed by atoms with Gasteiger partial charge in [-0.1, -0.05) is 25.1 Å². The number of likely N-dealkylation sites (N-methyl/N-ethyl adjacent to an activating group) is 1. The highest BCUT2D eigenvalue weighted by atomic mass is 16.5. The van der Waals surface area contributed by atoms with Gasteiger partial charge in [-0.25, -0.2) is 4.98 Å². The predicted molar refractivity (Wildman–Crippen MR) is 76.4 cm³/mol. The van der Waals surface area contributed by atoms with Gasteiger partial charge < -0.3 is 14.6 Å². The zero-order valence-corrected chi connectivity index (χ0v) is 11.4. The van der Waals surface area contributed by atoms with Gasteiger partial charge in [0.2, 0.25) is 0 Å². The van der Waals surface area contributed by atoms with Crippen LogP contribution in [-0.4, -0.2) is 29.2 Å². The lowest BCUT2D eigenvalue weighted by molar-refractivity contribution is 0.298. The summed E-state index contributed by atoms with van der Waals surface area (Å²) >= 11 is 0. The van der Waals surface area contributed by atoms with E-state index in [4.69, 9.17) is 4.74 Å². The van der Waals surface area contributed by atoms with E-state index >= 15 is 0 Å². The smallest absolute Gasteiger partial charge is 0.119 e. The molecule has 0 unspecified atom stereocenters. The molecular formula is C15H21N3O. The summed E-state index contributed by atoms with van der Waals surface area (Å²) in [5.74, 6) is 0.912. The van der Waals surface area contributed by atoms with Crippen LogP contribution in [0.15, 0.2) is 42.9 Å². The number of imidazole rings is 1. The first-order valence-electron chi connectivity index (χ1n) is 6.77. The van der Waals surface area contributed by atoms with Gasteiger partial charge in [0.25, 0.3) is 0 Å². The molecular weight excluding hydrogens is 238 g/mol. The Bertz CT molecular complexity index is 467. The highest BCUT2D eigenvalue weighted by Gasteiger charge is 1.99. The maximum absolute atomic E-state index is 5.66. The Labute approximate surface area is 114 Å². The Morgan fingerprint density at radius 3 is 2.89 bits per heavy atom. The first-order chi connectivity index (χ1) is 9.38. The van der Waals surface area contributed by atoms with E-state index in [0.717, 1.165) is 37.5 Å². The molecule has 0 bridgehead atoms. The van der Waals surface area contributed by atoms with Gasteiger partial charge in [-0.2, -0.15) is 0 Å². The Morgan fingerprint density at radius 2 is 2.11 bits per heavy atom. The van der Waals surface area contributed by atoms with Crippen LogP contribution < -0.4 is 10.1 Å². The minimum absolute atomic E-state index is 0.660. The second kappa shape index (κ2) is 7.59. The average molecular weight is 259 g/mol. The summed E-state index contributed by atoms with van der Waals surface area (Å²) < 4.78 is 7.73. The molecule has 1 aromatic carbocycles. The van der Waals surface area contributed by atoms with Crippen LogP contribution >= 0.6 is 0 Å². The molecule has 0 radical (unpaired) electrons. The number of rotatable bonds is 8. The average Bonchev–Trinajstić information content (AvgIpc) is 2.88. The lowest BCUT2D eigenvalue weighted by atomic mass is 10.3. The summed E-state index contributed by atoms with van der Waals surface area (Å²) in [6, 6.07) is 9.88. The van der Waals surface area contributed by atoms with E-state index in [1.54, 1.807) is 0 Å². The van der Waals surface area contributed by atoms with Crippen molar-refractivity contribution in [2.24, 2.45) is 0 Å². The van der Waals surface area contributed by atoms with E-state index in [1.165, 1.54) is 0 Å². The molecule has 0 amide bonds. The molecule has 4 heteroatoms. The van der Waals surface area contributed by atoms with Crippen LogP contribution in [0.2, 0.25) is 0 Å². The summed E-state index contributed by atoms with van der Waals surface area (Å²) in [5.41, 5.74) is 1.13. The van der Waals surface area contributed by atoms with Crippen molar-refractivity contribution < 1.29 is 4.74 Å². The molecule has 0 saturated carbocycles. The number of para-hydroxylation sites is 1. The zero-order chi connectivity index (χ0) is 13.3. The molecule has 1 heterocycles. The number of nitrogens with one attached hydrogen (secondary N) is 1. The predicted octanol–water partition coefficient (Wildman–Crippen LogP) is 2.11. The lowest BCUT2D eigenvalue weighted by Gasteiger charge is -2.06. The number of hydrogen-bond acceptors (Lipinski definition) is 3. The molecule has 1 aromatic heterocycles. The van der Waals surface area contributed by atoms with Crippen molar-refractivity contribution in [1.29, 1.82) is 0 Å². The fourth-order valence-corrected chi connectivity index (χ4v) is 1.84. The van der Waals surface area contributed by atoms with Gasteiger partial charge in [0.1, 0.15) is 12.4 Å². The lowest BCUT2D eigenvalue weighted by Crippen LogP contribution is -2.16. The van der Waals surface area contributed by atoms with Crippen molar-refractivity contribution in [2.75, 3.05) is 19.7 Å². The van der Waals surface area contributed by atoms with Gasteiger partial charge in [-0.05, 0) is 18.7 Å².